The van der Waals surface area contributed by atoms with Crippen molar-refractivity contribution in [2.75, 3.05) is 13.2 Å². The maximum atomic E-state index is 12.1. The van der Waals surface area contributed by atoms with Crippen LogP contribution in [0.25, 0.3) is 0 Å². The zero-order valence-corrected chi connectivity index (χ0v) is 17.1. The first-order valence-corrected chi connectivity index (χ1v) is 9.42. The van der Waals surface area contributed by atoms with E-state index in [-0.39, 0.29) is 11.3 Å². The molecule has 1 amide bonds. The van der Waals surface area contributed by atoms with E-state index in [1.807, 2.05) is 13.8 Å². The first kappa shape index (κ1) is 21.4. The van der Waals surface area contributed by atoms with Crippen LogP contribution in [-0.4, -0.2) is 30.3 Å². The highest BCUT2D eigenvalue weighted by Gasteiger charge is 2.13. The average Bonchev–Trinajstić information content (AvgIpc) is 2.67. The Morgan fingerprint density at radius 2 is 2.07 bits per heavy atom. The Balaban J connectivity index is 2.14. The Kier molecular flexibility index (Phi) is 7.94. The molecule has 0 saturated heterocycles. The third-order valence-corrected chi connectivity index (χ3v) is 4.07. The van der Waals surface area contributed by atoms with Crippen molar-refractivity contribution in [1.82, 2.24) is 5.43 Å². The van der Waals surface area contributed by atoms with Crippen LogP contribution in [-0.2, 0) is 0 Å². The van der Waals surface area contributed by atoms with Gasteiger partial charge in [-0.1, -0.05) is 13.0 Å². The minimum atomic E-state index is -0.561. The number of carbonyl (C=O) groups is 1. The quantitative estimate of drug-likeness (QED) is 0.349. The molecule has 0 fully saturated rings. The summed E-state index contributed by atoms with van der Waals surface area (Å²) in [5.74, 6) is 0.630. The van der Waals surface area contributed by atoms with Crippen molar-refractivity contribution in [2.24, 2.45) is 5.10 Å². The smallest absolute Gasteiger partial charge is 0.271 e. The van der Waals surface area contributed by atoms with E-state index in [4.69, 9.17) is 9.47 Å². The molecular weight excluding hydrogens is 430 g/mol. The maximum absolute atomic E-state index is 12.1. The number of hydrazone groups is 1. The van der Waals surface area contributed by atoms with Crippen molar-refractivity contribution in [3.63, 3.8) is 0 Å². The van der Waals surface area contributed by atoms with E-state index in [1.54, 1.807) is 12.1 Å². The fourth-order valence-electron chi connectivity index (χ4n) is 2.26. The summed E-state index contributed by atoms with van der Waals surface area (Å²) < 4.78 is 12.0. The number of ether oxygens (including phenoxy) is 2. The molecule has 0 radical (unpaired) electrons. The molecule has 0 bridgehead atoms. The molecule has 0 aliphatic heterocycles. The summed E-state index contributed by atoms with van der Waals surface area (Å²) in [5, 5.41) is 14.7. The van der Waals surface area contributed by atoms with Crippen LogP contribution in [0.1, 0.15) is 36.2 Å². The van der Waals surface area contributed by atoms with Gasteiger partial charge in [-0.15, -0.1) is 0 Å². The molecule has 1 N–H and O–H groups in total. The number of halogens is 1. The molecule has 0 unspecified atom stereocenters. The summed E-state index contributed by atoms with van der Waals surface area (Å²) in [5.41, 5.74) is 3.02. The third kappa shape index (κ3) is 5.78. The zero-order chi connectivity index (χ0) is 20.5. The van der Waals surface area contributed by atoms with Gasteiger partial charge >= 0.3 is 0 Å². The van der Waals surface area contributed by atoms with Crippen LogP contribution >= 0.6 is 15.9 Å². The molecular formula is C19H20BrN3O5. The minimum absolute atomic E-state index is 0.144. The number of benzene rings is 2. The Hall–Kier alpha value is -2.94. The molecule has 9 heteroatoms. The molecule has 0 atom stereocenters. The Bertz CT molecular complexity index is 886. The predicted octanol–water partition coefficient (Wildman–Crippen LogP) is 4.31. The lowest BCUT2D eigenvalue weighted by atomic mass is 10.2. The molecule has 0 aromatic heterocycles. The van der Waals surface area contributed by atoms with Crippen LogP contribution in [0.15, 0.2) is 46.0 Å². The molecule has 28 heavy (non-hydrogen) atoms. The van der Waals surface area contributed by atoms with E-state index in [0.717, 1.165) is 6.42 Å². The predicted molar refractivity (Wildman–Crippen MR) is 109 cm³/mol. The highest BCUT2D eigenvalue weighted by atomic mass is 79.9. The van der Waals surface area contributed by atoms with Crippen LogP contribution in [0.3, 0.4) is 0 Å². The summed E-state index contributed by atoms with van der Waals surface area (Å²) in [6.45, 7) is 4.92. The van der Waals surface area contributed by atoms with E-state index in [1.165, 1.54) is 30.5 Å². The van der Waals surface area contributed by atoms with Gasteiger partial charge < -0.3 is 9.47 Å². The van der Waals surface area contributed by atoms with E-state index in [9.17, 15) is 14.9 Å². The number of nitro benzene ring substituents is 1. The number of nitrogens with zero attached hydrogens (tertiary/aromatic N) is 2. The molecule has 2 rings (SSSR count). The Labute approximate surface area is 170 Å². The first-order chi connectivity index (χ1) is 13.5. The van der Waals surface area contributed by atoms with Gasteiger partial charge in [0.2, 0.25) is 0 Å². The van der Waals surface area contributed by atoms with Crippen molar-refractivity contribution in [2.45, 2.75) is 20.3 Å². The number of rotatable bonds is 9. The van der Waals surface area contributed by atoms with Crippen LogP contribution in [0.4, 0.5) is 5.69 Å². The van der Waals surface area contributed by atoms with Gasteiger partial charge in [0.05, 0.1) is 28.8 Å². The number of hydrogen-bond donors (Lipinski definition) is 1. The Morgan fingerprint density at radius 3 is 2.75 bits per heavy atom. The van der Waals surface area contributed by atoms with E-state index < -0.39 is 10.8 Å². The van der Waals surface area contributed by atoms with Gasteiger partial charge in [0.25, 0.3) is 11.6 Å². The highest BCUT2D eigenvalue weighted by molar-refractivity contribution is 9.10. The SMILES string of the molecule is CCCOc1c(Br)cc(/C=N/NC(=O)c2cccc([N+](=O)[O-])c2)cc1OCC. The van der Waals surface area contributed by atoms with Gasteiger partial charge in [0.1, 0.15) is 0 Å². The second-order valence-corrected chi connectivity index (χ2v) is 6.47. The van der Waals surface area contributed by atoms with Crippen molar-refractivity contribution in [1.29, 1.82) is 0 Å². The Morgan fingerprint density at radius 1 is 1.29 bits per heavy atom. The monoisotopic (exact) mass is 449 g/mol. The molecule has 0 aliphatic carbocycles. The summed E-state index contributed by atoms with van der Waals surface area (Å²) in [6.07, 6.45) is 2.32. The van der Waals surface area contributed by atoms with Gasteiger partial charge in [0, 0.05) is 17.7 Å². The van der Waals surface area contributed by atoms with Crippen LogP contribution in [0.5, 0.6) is 11.5 Å². The van der Waals surface area contributed by atoms with Gasteiger partial charge in [-0.05, 0) is 53.0 Å². The molecule has 2 aromatic carbocycles. The van der Waals surface area contributed by atoms with Gasteiger partial charge in [-0.3, -0.25) is 14.9 Å². The molecule has 0 aliphatic rings. The van der Waals surface area contributed by atoms with Crippen LogP contribution in [0, 0.1) is 10.1 Å². The molecule has 2 aromatic rings. The lowest BCUT2D eigenvalue weighted by Crippen LogP contribution is -2.17. The number of nitrogens with one attached hydrogen (secondary N) is 1. The van der Waals surface area contributed by atoms with E-state index in [0.29, 0.717) is 34.7 Å². The number of non-ortho nitro benzene ring substituents is 1. The van der Waals surface area contributed by atoms with Gasteiger partial charge in [-0.2, -0.15) is 5.10 Å². The van der Waals surface area contributed by atoms with E-state index in [2.05, 4.69) is 26.5 Å². The fourth-order valence-corrected chi connectivity index (χ4v) is 2.83. The molecule has 0 saturated carbocycles. The summed E-state index contributed by atoms with van der Waals surface area (Å²) in [7, 11) is 0. The lowest BCUT2D eigenvalue weighted by Gasteiger charge is -2.14. The van der Waals surface area contributed by atoms with Gasteiger partial charge in [-0.25, -0.2) is 5.43 Å². The number of nitro groups is 1. The summed E-state index contributed by atoms with van der Waals surface area (Å²) >= 11 is 3.46. The number of carbonyl (C=O) groups excluding carboxylic acids is 1. The topological polar surface area (TPSA) is 103 Å². The van der Waals surface area contributed by atoms with E-state index >= 15 is 0 Å². The highest BCUT2D eigenvalue weighted by Crippen LogP contribution is 2.36. The number of hydrogen-bond acceptors (Lipinski definition) is 6. The maximum Gasteiger partial charge on any atom is 0.271 e. The van der Waals surface area contributed by atoms with Crippen molar-refractivity contribution >= 4 is 33.7 Å². The second kappa shape index (κ2) is 10.4. The molecule has 0 spiro atoms. The average molecular weight is 450 g/mol. The fraction of sp³-hybridized carbons (Fsp3) is 0.263. The third-order valence-electron chi connectivity index (χ3n) is 3.48. The molecule has 0 heterocycles. The minimum Gasteiger partial charge on any atom is -0.490 e. The normalized spacial score (nSPS) is 10.7. The van der Waals surface area contributed by atoms with Crippen molar-refractivity contribution in [3.8, 4) is 11.5 Å². The largest absolute Gasteiger partial charge is 0.490 e. The number of amides is 1. The lowest BCUT2D eigenvalue weighted by molar-refractivity contribution is -0.384. The molecule has 148 valence electrons. The zero-order valence-electron chi connectivity index (χ0n) is 15.5. The van der Waals surface area contributed by atoms with Crippen LogP contribution < -0.4 is 14.9 Å². The van der Waals surface area contributed by atoms with Crippen molar-refractivity contribution < 1.29 is 19.2 Å². The summed E-state index contributed by atoms with van der Waals surface area (Å²) in [4.78, 5) is 22.4. The standard InChI is InChI=1S/C19H20BrN3O5/c1-3-8-28-18-16(20)9-13(10-17(18)27-4-2)12-21-22-19(24)14-6-5-7-15(11-14)23(25)26/h5-7,9-12H,3-4,8H2,1-2H3,(H,22,24)/b21-12+. The first-order valence-electron chi connectivity index (χ1n) is 8.63. The second-order valence-electron chi connectivity index (χ2n) is 5.62. The van der Waals surface area contributed by atoms with Crippen molar-refractivity contribution in [3.05, 3.63) is 62.1 Å². The van der Waals surface area contributed by atoms with Gasteiger partial charge in [0.15, 0.2) is 11.5 Å². The molecule has 8 nitrogen and oxygen atoms in total. The van der Waals surface area contributed by atoms with Crippen LogP contribution in [0.2, 0.25) is 0 Å². The summed E-state index contributed by atoms with van der Waals surface area (Å²) in [6, 6.07) is 8.96.